The van der Waals surface area contributed by atoms with Crippen molar-refractivity contribution in [3.05, 3.63) is 41.1 Å². The van der Waals surface area contributed by atoms with Crippen LogP contribution in [0.1, 0.15) is 30.3 Å². The van der Waals surface area contributed by atoms with Gasteiger partial charge in [-0.25, -0.2) is 0 Å². The van der Waals surface area contributed by atoms with Crippen molar-refractivity contribution in [2.75, 3.05) is 13.1 Å². The average molecular weight is 335 g/mol. The number of aliphatic hydroxyl groups excluding tert-OH is 1. The summed E-state index contributed by atoms with van der Waals surface area (Å²) in [4.78, 5) is 14.2. The normalized spacial score (nSPS) is 17.3. The van der Waals surface area contributed by atoms with E-state index in [-0.39, 0.29) is 23.7 Å². The minimum atomic E-state index is -0.327. The Morgan fingerprint density at radius 2 is 2.13 bits per heavy atom. The van der Waals surface area contributed by atoms with Crippen molar-refractivity contribution in [2.45, 2.75) is 25.9 Å². The Kier molecular flexibility index (Phi) is 4.68. The van der Waals surface area contributed by atoms with Gasteiger partial charge in [-0.05, 0) is 37.8 Å². The maximum atomic E-state index is 12.5. The van der Waals surface area contributed by atoms with Gasteiger partial charge in [-0.2, -0.15) is 0 Å². The van der Waals surface area contributed by atoms with Crippen molar-refractivity contribution in [3.8, 4) is 11.3 Å². The third-order valence-corrected chi connectivity index (χ3v) is 4.59. The van der Waals surface area contributed by atoms with Crippen molar-refractivity contribution >= 4 is 17.5 Å². The number of aliphatic hydroxyl groups is 1. The van der Waals surface area contributed by atoms with Crippen molar-refractivity contribution in [1.29, 1.82) is 0 Å². The number of halogens is 1. The van der Waals surface area contributed by atoms with Gasteiger partial charge in [-0.1, -0.05) is 28.9 Å². The van der Waals surface area contributed by atoms with E-state index in [1.54, 1.807) is 30.0 Å². The van der Waals surface area contributed by atoms with E-state index >= 15 is 0 Å². The zero-order chi connectivity index (χ0) is 16.4. The summed E-state index contributed by atoms with van der Waals surface area (Å²) >= 11 is 5.97. The van der Waals surface area contributed by atoms with Gasteiger partial charge in [0.1, 0.15) is 5.69 Å². The molecule has 122 valence electrons. The van der Waals surface area contributed by atoms with Crippen LogP contribution in [0.2, 0.25) is 5.02 Å². The Bertz CT molecular complexity index is 691. The largest absolute Gasteiger partial charge is 0.393 e. The number of hydrogen-bond donors (Lipinski definition) is 1. The number of carbonyl (C=O) groups is 1. The van der Waals surface area contributed by atoms with Crippen LogP contribution in [0.5, 0.6) is 0 Å². The number of benzene rings is 1. The first kappa shape index (κ1) is 16.0. The van der Waals surface area contributed by atoms with Crippen LogP contribution in [0.25, 0.3) is 11.3 Å². The molecular weight excluding hydrogens is 316 g/mol. The molecule has 1 N–H and O–H groups in total. The lowest BCUT2D eigenvalue weighted by Gasteiger charge is -2.32. The van der Waals surface area contributed by atoms with E-state index in [0.717, 1.165) is 18.4 Å². The van der Waals surface area contributed by atoms with Gasteiger partial charge in [-0.3, -0.25) is 4.79 Å². The van der Waals surface area contributed by atoms with Crippen LogP contribution in [-0.2, 0) is 0 Å². The number of hydrogen-bond acceptors (Lipinski definition) is 4. The van der Waals surface area contributed by atoms with Crippen LogP contribution in [0.4, 0.5) is 0 Å². The van der Waals surface area contributed by atoms with Gasteiger partial charge in [0.05, 0.1) is 6.10 Å². The Balaban J connectivity index is 1.70. The van der Waals surface area contributed by atoms with Crippen molar-refractivity contribution in [3.63, 3.8) is 0 Å². The van der Waals surface area contributed by atoms with Crippen molar-refractivity contribution in [2.24, 2.45) is 5.92 Å². The van der Waals surface area contributed by atoms with Crippen LogP contribution in [0.15, 0.2) is 34.9 Å². The van der Waals surface area contributed by atoms with E-state index < -0.39 is 0 Å². The molecule has 1 aliphatic heterocycles. The van der Waals surface area contributed by atoms with Crippen molar-refractivity contribution in [1.82, 2.24) is 10.1 Å². The van der Waals surface area contributed by atoms with E-state index in [4.69, 9.17) is 16.1 Å². The molecule has 0 aliphatic carbocycles. The van der Waals surface area contributed by atoms with E-state index in [9.17, 15) is 9.90 Å². The molecule has 1 aromatic heterocycles. The molecule has 1 unspecified atom stereocenters. The molecule has 3 rings (SSSR count). The summed E-state index contributed by atoms with van der Waals surface area (Å²) in [6.07, 6.45) is 1.28. The lowest BCUT2D eigenvalue weighted by atomic mass is 9.92. The SMILES string of the molecule is CC(O)C1CCN(C(=O)c2cc(-c3cccc(Cl)c3)no2)CC1. The number of rotatable bonds is 3. The van der Waals surface area contributed by atoms with E-state index in [2.05, 4.69) is 5.16 Å². The van der Waals surface area contributed by atoms with Gasteiger partial charge >= 0.3 is 0 Å². The fourth-order valence-corrected chi connectivity index (χ4v) is 3.09. The highest BCUT2D eigenvalue weighted by molar-refractivity contribution is 6.30. The fourth-order valence-electron chi connectivity index (χ4n) is 2.90. The molecule has 2 heterocycles. The molecule has 0 radical (unpaired) electrons. The predicted octanol–water partition coefficient (Wildman–Crippen LogP) is 3.23. The highest BCUT2D eigenvalue weighted by Crippen LogP contribution is 2.25. The third kappa shape index (κ3) is 3.57. The molecule has 1 aliphatic rings. The van der Waals surface area contributed by atoms with Crippen molar-refractivity contribution < 1.29 is 14.4 Å². The minimum Gasteiger partial charge on any atom is -0.393 e. The Morgan fingerprint density at radius 1 is 1.39 bits per heavy atom. The second-order valence-corrected chi connectivity index (χ2v) is 6.39. The summed E-state index contributed by atoms with van der Waals surface area (Å²) in [5.74, 6) is 0.334. The molecule has 1 amide bonds. The number of aromatic nitrogens is 1. The first-order valence-corrected chi connectivity index (χ1v) is 8.12. The fraction of sp³-hybridized carbons (Fsp3) is 0.412. The van der Waals surface area contributed by atoms with Gasteiger partial charge in [0, 0.05) is 29.7 Å². The molecular formula is C17H19ClN2O3. The summed E-state index contributed by atoms with van der Waals surface area (Å²) < 4.78 is 5.21. The third-order valence-electron chi connectivity index (χ3n) is 4.35. The second-order valence-electron chi connectivity index (χ2n) is 5.96. The Morgan fingerprint density at radius 3 is 2.78 bits per heavy atom. The van der Waals surface area contributed by atoms with Crippen LogP contribution >= 0.6 is 11.6 Å². The molecule has 2 aromatic rings. The highest BCUT2D eigenvalue weighted by atomic mass is 35.5. The summed E-state index contributed by atoms with van der Waals surface area (Å²) in [6.45, 7) is 3.05. The second kappa shape index (κ2) is 6.72. The summed E-state index contributed by atoms with van der Waals surface area (Å²) in [6, 6.07) is 8.90. The standard InChI is InChI=1S/C17H19ClN2O3/c1-11(21)12-5-7-20(8-6-12)17(22)16-10-15(19-23-16)13-3-2-4-14(18)9-13/h2-4,9-12,21H,5-8H2,1H3. The lowest BCUT2D eigenvalue weighted by Crippen LogP contribution is -2.40. The predicted molar refractivity (Wildman–Crippen MR) is 87.3 cm³/mol. The van der Waals surface area contributed by atoms with E-state index in [1.807, 2.05) is 12.1 Å². The molecule has 1 saturated heterocycles. The van der Waals surface area contributed by atoms with Gasteiger partial charge in [-0.15, -0.1) is 0 Å². The molecule has 0 spiro atoms. The van der Waals surface area contributed by atoms with Crippen LogP contribution in [0.3, 0.4) is 0 Å². The molecule has 23 heavy (non-hydrogen) atoms. The topological polar surface area (TPSA) is 66.6 Å². The van der Waals surface area contributed by atoms with Crippen LogP contribution in [0, 0.1) is 5.92 Å². The maximum Gasteiger partial charge on any atom is 0.292 e. The molecule has 1 atom stereocenters. The molecule has 5 nitrogen and oxygen atoms in total. The summed E-state index contributed by atoms with van der Waals surface area (Å²) in [5, 5.41) is 14.2. The Hall–Kier alpha value is -1.85. The number of nitrogens with zero attached hydrogens (tertiary/aromatic N) is 2. The summed E-state index contributed by atoms with van der Waals surface area (Å²) in [7, 11) is 0. The zero-order valence-corrected chi connectivity index (χ0v) is 13.7. The monoisotopic (exact) mass is 334 g/mol. The van der Waals surface area contributed by atoms with Gasteiger partial charge in [0.25, 0.3) is 5.91 Å². The first-order valence-electron chi connectivity index (χ1n) is 7.74. The molecule has 0 saturated carbocycles. The first-order chi connectivity index (χ1) is 11.0. The Labute approximate surface area is 139 Å². The lowest BCUT2D eigenvalue weighted by molar-refractivity contribution is 0.0491. The van der Waals surface area contributed by atoms with Gasteiger partial charge in [0.15, 0.2) is 0 Å². The van der Waals surface area contributed by atoms with Gasteiger partial charge in [0.2, 0.25) is 5.76 Å². The smallest absolute Gasteiger partial charge is 0.292 e. The zero-order valence-electron chi connectivity index (χ0n) is 12.9. The summed E-state index contributed by atoms with van der Waals surface area (Å²) in [5.41, 5.74) is 1.41. The molecule has 1 fully saturated rings. The van der Waals surface area contributed by atoms with E-state index in [0.29, 0.717) is 23.8 Å². The van der Waals surface area contributed by atoms with E-state index in [1.165, 1.54) is 0 Å². The molecule has 6 heteroatoms. The number of likely N-dealkylation sites (tertiary alicyclic amines) is 1. The number of carbonyl (C=O) groups excluding carboxylic acids is 1. The van der Waals surface area contributed by atoms with Crippen LogP contribution < -0.4 is 0 Å². The molecule has 1 aromatic carbocycles. The highest BCUT2D eigenvalue weighted by Gasteiger charge is 2.28. The number of amides is 1. The van der Waals surface area contributed by atoms with Gasteiger partial charge < -0.3 is 14.5 Å². The van der Waals surface area contributed by atoms with Crippen LogP contribution in [-0.4, -0.2) is 40.3 Å². The molecule has 0 bridgehead atoms. The maximum absolute atomic E-state index is 12.5. The minimum absolute atomic E-state index is 0.158. The quantitative estimate of drug-likeness (QED) is 0.935. The average Bonchev–Trinajstić information content (AvgIpc) is 3.04. The number of piperidine rings is 1.